The quantitative estimate of drug-likeness (QED) is 0.602. The Morgan fingerprint density at radius 3 is 2.48 bits per heavy atom. The zero-order valence-corrected chi connectivity index (χ0v) is 15.5. The molecule has 0 aliphatic carbocycles. The van der Waals surface area contributed by atoms with Crippen molar-refractivity contribution in [1.29, 1.82) is 0 Å². The first kappa shape index (κ1) is 17.5. The Morgan fingerprint density at radius 1 is 1.08 bits per heavy atom. The van der Waals surface area contributed by atoms with Gasteiger partial charge in [0.2, 0.25) is 0 Å². The summed E-state index contributed by atoms with van der Waals surface area (Å²) in [7, 11) is 2.08. The lowest BCUT2D eigenvalue weighted by molar-refractivity contribution is 0.244. The first-order chi connectivity index (χ1) is 12.2. The molecule has 25 heavy (non-hydrogen) atoms. The van der Waals surface area contributed by atoms with Crippen LogP contribution < -0.4 is 0 Å². The largest absolute Gasteiger partial charge is 0.300 e. The fourth-order valence-corrected chi connectivity index (χ4v) is 3.12. The third-order valence-electron chi connectivity index (χ3n) is 3.98. The van der Waals surface area contributed by atoms with Gasteiger partial charge in [0.05, 0.1) is 6.67 Å². The average molecular weight is 353 g/mol. The van der Waals surface area contributed by atoms with Crippen LogP contribution in [0.15, 0.2) is 54.9 Å². The molecule has 3 rings (SSSR count). The van der Waals surface area contributed by atoms with Crippen molar-refractivity contribution in [3.63, 3.8) is 0 Å². The fourth-order valence-electron chi connectivity index (χ4n) is 2.85. The van der Waals surface area contributed by atoms with Crippen molar-refractivity contribution >= 4 is 12.2 Å². The van der Waals surface area contributed by atoms with E-state index in [2.05, 4.69) is 52.7 Å². The monoisotopic (exact) mass is 353 g/mol. The van der Waals surface area contributed by atoms with Crippen LogP contribution >= 0.6 is 12.2 Å². The van der Waals surface area contributed by atoms with E-state index in [1.807, 2.05) is 22.9 Å². The van der Waals surface area contributed by atoms with Gasteiger partial charge < -0.3 is 0 Å². The molecule has 0 spiro atoms. The molecule has 0 N–H and O–H groups in total. The molecule has 5 nitrogen and oxygen atoms in total. The molecule has 6 heteroatoms. The third-order valence-corrected chi connectivity index (χ3v) is 4.41. The van der Waals surface area contributed by atoms with Crippen LogP contribution in [0.2, 0.25) is 0 Å². The van der Waals surface area contributed by atoms with Crippen molar-refractivity contribution in [1.82, 2.24) is 24.2 Å². The van der Waals surface area contributed by atoms with Crippen LogP contribution in [0, 0.1) is 4.77 Å². The van der Waals surface area contributed by atoms with Crippen molar-refractivity contribution in [2.45, 2.75) is 33.1 Å². The molecule has 0 aliphatic rings. The highest BCUT2D eigenvalue weighted by Gasteiger charge is 2.13. The molecule has 1 aromatic carbocycles. The molecule has 0 bridgehead atoms. The Morgan fingerprint density at radius 2 is 1.80 bits per heavy atom. The van der Waals surface area contributed by atoms with Gasteiger partial charge in [0.15, 0.2) is 10.6 Å². The van der Waals surface area contributed by atoms with E-state index in [9.17, 15) is 0 Å². The van der Waals surface area contributed by atoms with Crippen LogP contribution in [-0.2, 0) is 19.8 Å². The average Bonchev–Trinajstić information content (AvgIpc) is 2.93. The standard InChI is InChI=1S/C19H23N5S/c1-3-13-23-18(17-9-11-20-12-10-17)21-24(19(23)25)15-22(2)14-16-7-5-4-6-8-16/h4-12H,3,13-15H2,1-2H3. The summed E-state index contributed by atoms with van der Waals surface area (Å²) in [6, 6.07) is 14.4. The maximum atomic E-state index is 5.68. The minimum atomic E-state index is 0.655. The molecular weight excluding hydrogens is 330 g/mol. The second kappa shape index (κ2) is 8.18. The Labute approximate surface area is 153 Å². The highest BCUT2D eigenvalue weighted by Crippen LogP contribution is 2.18. The Balaban J connectivity index is 1.85. The van der Waals surface area contributed by atoms with Gasteiger partial charge in [0, 0.05) is 31.0 Å². The van der Waals surface area contributed by atoms with Gasteiger partial charge in [-0.2, -0.15) is 5.10 Å². The van der Waals surface area contributed by atoms with Crippen LogP contribution in [0.4, 0.5) is 0 Å². The summed E-state index contributed by atoms with van der Waals surface area (Å²) in [4.78, 5) is 6.31. The molecule has 0 saturated carbocycles. The van der Waals surface area contributed by atoms with E-state index in [4.69, 9.17) is 17.3 Å². The van der Waals surface area contributed by atoms with Crippen molar-refractivity contribution in [3.8, 4) is 11.4 Å². The molecule has 0 saturated heterocycles. The molecular formula is C19H23N5S. The van der Waals surface area contributed by atoms with E-state index < -0.39 is 0 Å². The van der Waals surface area contributed by atoms with Crippen LogP contribution in [-0.4, -0.2) is 31.3 Å². The number of hydrogen-bond donors (Lipinski definition) is 0. The molecule has 0 atom stereocenters. The summed E-state index contributed by atoms with van der Waals surface area (Å²) in [5.41, 5.74) is 2.32. The summed E-state index contributed by atoms with van der Waals surface area (Å²) in [5, 5.41) is 4.79. The third kappa shape index (κ3) is 4.21. The molecule has 2 aromatic heterocycles. The Kier molecular flexibility index (Phi) is 5.73. The predicted octanol–water partition coefficient (Wildman–Crippen LogP) is 3.98. The zero-order chi connectivity index (χ0) is 17.6. The van der Waals surface area contributed by atoms with Crippen LogP contribution in [0.1, 0.15) is 18.9 Å². The first-order valence-electron chi connectivity index (χ1n) is 8.49. The minimum absolute atomic E-state index is 0.655. The van der Waals surface area contributed by atoms with Crippen LogP contribution in [0.5, 0.6) is 0 Å². The predicted molar refractivity (Wildman–Crippen MR) is 102 cm³/mol. The van der Waals surface area contributed by atoms with Gasteiger partial charge in [-0.25, -0.2) is 4.68 Å². The van der Waals surface area contributed by atoms with E-state index in [1.165, 1.54) is 5.56 Å². The lowest BCUT2D eigenvalue weighted by atomic mass is 10.2. The lowest BCUT2D eigenvalue weighted by Gasteiger charge is -2.16. The topological polar surface area (TPSA) is 38.9 Å². The van der Waals surface area contributed by atoms with Crippen molar-refractivity contribution in [2.24, 2.45) is 0 Å². The summed E-state index contributed by atoms with van der Waals surface area (Å²) in [6.07, 6.45) is 4.59. The number of nitrogens with zero attached hydrogens (tertiary/aromatic N) is 5. The number of rotatable bonds is 7. The van der Waals surface area contributed by atoms with E-state index >= 15 is 0 Å². The van der Waals surface area contributed by atoms with Crippen LogP contribution in [0.25, 0.3) is 11.4 Å². The van der Waals surface area contributed by atoms with Crippen molar-refractivity contribution < 1.29 is 0 Å². The smallest absolute Gasteiger partial charge is 0.199 e. The molecule has 0 fully saturated rings. The summed E-state index contributed by atoms with van der Waals surface area (Å²) >= 11 is 5.68. The van der Waals surface area contributed by atoms with Crippen molar-refractivity contribution in [2.75, 3.05) is 7.05 Å². The molecule has 0 radical (unpaired) electrons. The highest BCUT2D eigenvalue weighted by atomic mass is 32.1. The number of hydrogen-bond acceptors (Lipinski definition) is 4. The van der Waals surface area contributed by atoms with Gasteiger partial charge >= 0.3 is 0 Å². The zero-order valence-electron chi connectivity index (χ0n) is 14.7. The van der Waals surface area contributed by atoms with Gasteiger partial charge in [-0.1, -0.05) is 37.3 Å². The van der Waals surface area contributed by atoms with Gasteiger partial charge in [0.25, 0.3) is 0 Å². The number of pyridine rings is 1. The van der Waals surface area contributed by atoms with E-state index in [1.54, 1.807) is 12.4 Å². The van der Waals surface area contributed by atoms with Crippen molar-refractivity contribution in [3.05, 3.63) is 65.2 Å². The van der Waals surface area contributed by atoms with Crippen LogP contribution in [0.3, 0.4) is 0 Å². The molecule has 0 amide bonds. The molecule has 3 aromatic rings. The molecule has 130 valence electrons. The van der Waals surface area contributed by atoms with Gasteiger partial charge in [-0.05, 0) is 43.4 Å². The maximum Gasteiger partial charge on any atom is 0.199 e. The summed E-state index contributed by atoms with van der Waals surface area (Å²) < 4.78 is 4.78. The van der Waals surface area contributed by atoms with E-state index in [0.717, 1.165) is 35.7 Å². The maximum absolute atomic E-state index is 5.68. The SMILES string of the molecule is CCCn1c(-c2ccncc2)nn(CN(C)Cc2ccccc2)c1=S. The molecule has 2 heterocycles. The van der Waals surface area contributed by atoms with Gasteiger partial charge in [-0.15, -0.1) is 0 Å². The number of benzene rings is 1. The minimum Gasteiger partial charge on any atom is -0.300 e. The second-order valence-electron chi connectivity index (χ2n) is 6.13. The van der Waals surface area contributed by atoms with Gasteiger partial charge in [-0.3, -0.25) is 14.5 Å². The lowest BCUT2D eigenvalue weighted by Crippen LogP contribution is -2.22. The van der Waals surface area contributed by atoms with E-state index in [0.29, 0.717) is 6.67 Å². The Hall–Kier alpha value is -2.31. The van der Waals surface area contributed by atoms with Gasteiger partial charge in [0.1, 0.15) is 0 Å². The second-order valence-corrected chi connectivity index (χ2v) is 6.50. The summed E-state index contributed by atoms with van der Waals surface area (Å²) in [5.74, 6) is 0.905. The fraction of sp³-hybridized carbons (Fsp3) is 0.316. The normalized spacial score (nSPS) is 11.2. The first-order valence-corrected chi connectivity index (χ1v) is 8.90. The molecule has 0 aliphatic heterocycles. The highest BCUT2D eigenvalue weighted by molar-refractivity contribution is 7.71. The molecule has 0 unspecified atom stereocenters. The number of aromatic nitrogens is 4. The Bertz CT molecular complexity index is 855. The van der Waals surface area contributed by atoms with E-state index in [-0.39, 0.29) is 0 Å². The summed E-state index contributed by atoms with van der Waals surface area (Å²) in [6.45, 7) is 4.52.